The molecule has 3 aromatic rings. The molecule has 1 aromatic carbocycles. The third-order valence-electron chi connectivity index (χ3n) is 4.31. The maximum absolute atomic E-state index is 13.0. The standard InChI is InChI=1S/C20H20N2O3S2/c1-5-10-22-18(23)16-12(2)13(3)27-17(16)21-20(22)26-11-14-6-8-15(9-7-14)19(24)25-4/h5-9H,1,10-11H2,2-4H3. The van der Waals surface area contributed by atoms with Crippen LogP contribution in [0.5, 0.6) is 0 Å². The van der Waals surface area contributed by atoms with Gasteiger partial charge in [0.25, 0.3) is 5.56 Å². The van der Waals surface area contributed by atoms with Gasteiger partial charge in [0.2, 0.25) is 0 Å². The second-order valence-corrected chi connectivity index (χ2v) is 8.19. The number of allylic oxidation sites excluding steroid dienone is 1. The zero-order valence-corrected chi connectivity index (χ0v) is 17.1. The lowest BCUT2D eigenvalue weighted by atomic mass is 10.1. The number of fused-ring (bicyclic) bond motifs is 1. The number of hydrogen-bond acceptors (Lipinski definition) is 6. The molecule has 27 heavy (non-hydrogen) atoms. The maximum atomic E-state index is 13.0. The van der Waals surface area contributed by atoms with Crippen LogP contribution in [-0.4, -0.2) is 22.6 Å². The van der Waals surface area contributed by atoms with Crippen molar-refractivity contribution in [2.24, 2.45) is 0 Å². The topological polar surface area (TPSA) is 61.2 Å². The predicted molar refractivity (Wildman–Crippen MR) is 111 cm³/mol. The smallest absolute Gasteiger partial charge is 0.337 e. The lowest BCUT2D eigenvalue weighted by Crippen LogP contribution is -2.22. The zero-order valence-electron chi connectivity index (χ0n) is 15.4. The molecule has 0 amide bonds. The van der Waals surface area contributed by atoms with E-state index < -0.39 is 0 Å². The van der Waals surface area contributed by atoms with E-state index in [1.54, 1.807) is 34.1 Å². The van der Waals surface area contributed by atoms with Gasteiger partial charge in [-0.15, -0.1) is 17.9 Å². The number of esters is 1. The summed E-state index contributed by atoms with van der Waals surface area (Å²) < 4.78 is 6.38. The fourth-order valence-electron chi connectivity index (χ4n) is 2.71. The van der Waals surface area contributed by atoms with Crippen molar-refractivity contribution in [3.05, 3.63) is 68.8 Å². The van der Waals surface area contributed by atoms with Crippen molar-refractivity contribution in [2.75, 3.05) is 7.11 Å². The number of aryl methyl sites for hydroxylation is 2. The van der Waals surface area contributed by atoms with Gasteiger partial charge in [-0.2, -0.15) is 0 Å². The Morgan fingerprint density at radius 3 is 2.67 bits per heavy atom. The van der Waals surface area contributed by atoms with Gasteiger partial charge in [-0.3, -0.25) is 9.36 Å². The van der Waals surface area contributed by atoms with Crippen LogP contribution < -0.4 is 5.56 Å². The number of thiophene rings is 1. The summed E-state index contributed by atoms with van der Waals surface area (Å²) in [6.45, 7) is 8.15. The van der Waals surface area contributed by atoms with E-state index >= 15 is 0 Å². The van der Waals surface area contributed by atoms with Crippen LogP contribution in [0.1, 0.15) is 26.4 Å². The highest BCUT2D eigenvalue weighted by Crippen LogP contribution is 2.29. The number of hydrogen-bond donors (Lipinski definition) is 0. The molecule has 0 saturated carbocycles. The van der Waals surface area contributed by atoms with Gasteiger partial charge in [-0.1, -0.05) is 30.0 Å². The fourth-order valence-corrected chi connectivity index (χ4v) is 4.75. The summed E-state index contributed by atoms with van der Waals surface area (Å²) in [6, 6.07) is 7.24. The van der Waals surface area contributed by atoms with Crippen molar-refractivity contribution in [1.29, 1.82) is 0 Å². The van der Waals surface area contributed by atoms with Crippen molar-refractivity contribution in [3.8, 4) is 0 Å². The van der Waals surface area contributed by atoms with Crippen LogP contribution in [0, 0.1) is 13.8 Å². The van der Waals surface area contributed by atoms with Crippen molar-refractivity contribution in [1.82, 2.24) is 9.55 Å². The SMILES string of the molecule is C=CCn1c(SCc2ccc(C(=O)OC)cc2)nc2sc(C)c(C)c2c1=O. The molecule has 2 heterocycles. The highest BCUT2D eigenvalue weighted by molar-refractivity contribution is 7.98. The Morgan fingerprint density at radius 1 is 1.33 bits per heavy atom. The number of benzene rings is 1. The second kappa shape index (κ2) is 8.10. The molecule has 0 saturated heterocycles. The highest BCUT2D eigenvalue weighted by atomic mass is 32.2. The Morgan fingerprint density at radius 2 is 2.04 bits per heavy atom. The predicted octanol–water partition coefficient (Wildman–Crippen LogP) is 4.34. The Kier molecular flexibility index (Phi) is 5.82. The van der Waals surface area contributed by atoms with Gasteiger partial charge < -0.3 is 4.74 Å². The van der Waals surface area contributed by atoms with Crippen molar-refractivity contribution < 1.29 is 9.53 Å². The molecule has 0 atom stereocenters. The molecule has 0 N–H and O–H groups in total. The van der Waals surface area contributed by atoms with E-state index in [1.165, 1.54) is 18.9 Å². The lowest BCUT2D eigenvalue weighted by Gasteiger charge is -2.10. The summed E-state index contributed by atoms with van der Waals surface area (Å²) in [5.74, 6) is 0.282. The first-order chi connectivity index (χ1) is 13.0. The number of methoxy groups -OCH3 is 1. The summed E-state index contributed by atoms with van der Waals surface area (Å²) in [6.07, 6.45) is 1.71. The van der Waals surface area contributed by atoms with Gasteiger partial charge in [-0.25, -0.2) is 9.78 Å². The number of thioether (sulfide) groups is 1. The van der Waals surface area contributed by atoms with Crippen molar-refractivity contribution in [3.63, 3.8) is 0 Å². The van der Waals surface area contributed by atoms with Gasteiger partial charge in [0, 0.05) is 17.2 Å². The van der Waals surface area contributed by atoms with Gasteiger partial charge >= 0.3 is 5.97 Å². The highest BCUT2D eigenvalue weighted by Gasteiger charge is 2.16. The van der Waals surface area contributed by atoms with E-state index in [4.69, 9.17) is 9.72 Å². The molecule has 0 aliphatic heterocycles. The van der Waals surface area contributed by atoms with Crippen LogP contribution in [0.4, 0.5) is 0 Å². The molecule has 0 bridgehead atoms. The molecule has 0 radical (unpaired) electrons. The van der Waals surface area contributed by atoms with E-state index in [0.717, 1.165) is 20.8 Å². The van der Waals surface area contributed by atoms with Crippen molar-refractivity contribution in [2.45, 2.75) is 31.3 Å². The summed E-state index contributed by atoms with van der Waals surface area (Å²) >= 11 is 3.05. The number of ether oxygens (including phenoxy) is 1. The summed E-state index contributed by atoms with van der Waals surface area (Å²) in [7, 11) is 1.36. The number of carbonyl (C=O) groups is 1. The number of aromatic nitrogens is 2. The third kappa shape index (κ3) is 3.84. The summed E-state index contributed by atoms with van der Waals surface area (Å²) in [5, 5.41) is 1.37. The minimum Gasteiger partial charge on any atom is -0.465 e. The number of rotatable bonds is 6. The van der Waals surface area contributed by atoms with Gasteiger partial charge in [-0.05, 0) is 37.1 Å². The van der Waals surface area contributed by atoms with Crippen molar-refractivity contribution >= 4 is 39.3 Å². The number of nitrogens with zero attached hydrogens (tertiary/aromatic N) is 2. The van der Waals surface area contributed by atoms with E-state index in [0.29, 0.717) is 28.4 Å². The van der Waals surface area contributed by atoms with E-state index in [1.807, 2.05) is 26.0 Å². The fraction of sp³-hybridized carbons (Fsp3) is 0.250. The van der Waals surface area contributed by atoms with E-state index in [2.05, 4.69) is 6.58 Å². The summed E-state index contributed by atoms with van der Waals surface area (Å²) in [4.78, 5) is 31.1. The second-order valence-electron chi connectivity index (χ2n) is 6.04. The summed E-state index contributed by atoms with van der Waals surface area (Å²) in [5.41, 5.74) is 2.52. The van der Waals surface area contributed by atoms with Crippen LogP contribution in [0.2, 0.25) is 0 Å². The molecule has 7 heteroatoms. The van der Waals surface area contributed by atoms with Crippen LogP contribution in [0.15, 0.2) is 46.9 Å². The first-order valence-corrected chi connectivity index (χ1v) is 10.2. The van der Waals surface area contributed by atoms with Crippen LogP contribution in [0.3, 0.4) is 0 Å². The molecule has 2 aromatic heterocycles. The first-order valence-electron chi connectivity index (χ1n) is 8.37. The molecule has 0 unspecified atom stereocenters. The zero-order chi connectivity index (χ0) is 19.6. The van der Waals surface area contributed by atoms with Gasteiger partial charge in [0.05, 0.1) is 18.1 Å². The lowest BCUT2D eigenvalue weighted by molar-refractivity contribution is 0.0600. The molecule has 140 valence electrons. The Bertz CT molecular complexity index is 1070. The number of carbonyl (C=O) groups excluding carboxylic acids is 1. The minimum atomic E-state index is -0.357. The molecule has 0 fully saturated rings. The first kappa shape index (κ1) is 19.4. The molecule has 5 nitrogen and oxygen atoms in total. The normalized spacial score (nSPS) is 10.9. The Hall–Kier alpha value is -2.38. The Labute approximate surface area is 165 Å². The Balaban J connectivity index is 1.92. The average Bonchev–Trinajstić information content (AvgIpc) is 2.96. The molecule has 3 rings (SSSR count). The van der Waals surface area contributed by atoms with Gasteiger partial charge in [0.15, 0.2) is 5.16 Å². The van der Waals surface area contributed by atoms with Gasteiger partial charge in [0.1, 0.15) is 4.83 Å². The molecular formula is C20H20N2O3S2. The molecule has 0 aliphatic rings. The molecule has 0 aliphatic carbocycles. The van der Waals surface area contributed by atoms with Crippen LogP contribution >= 0.6 is 23.1 Å². The molecular weight excluding hydrogens is 380 g/mol. The monoisotopic (exact) mass is 400 g/mol. The van der Waals surface area contributed by atoms with Crippen LogP contribution in [-0.2, 0) is 17.0 Å². The maximum Gasteiger partial charge on any atom is 0.337 e. The average molecular weight is 401 g/mol. The van der Waals surface area contributed by atoms with E-state index in [-0.39, 0.29) is 11.5 Å². The van der Waals surface area contributed by atoms with E-state index in [9.17, 15) is 9.59 Å². The third-order valence-corrected chi connectivity index (χ3v) is 6.46. The quantitative estimate of drug-likeness (QED) is 0.267. The largest absolute Gasteiger partial charge is 0.465 e. The molecule has 0 spiro atoms. The minimum absolute atomic E-state index is 0.0229. The van der Waals surface area contributed by atoms with Crippen LogP contribution in [0.25, 0.3) is 10.2 Å².